The Morgan fingerprint density at radius 1 is 1.28 bits per heavy atom. The maximum Gasteiger partial charge on any atom is 0.310 e. The summed E-state index contributed by atoms with van der Waals surface area (Å²) in [5, 5.41) is 0.104. The van der Waals surface area contributed by atoms with Crippen molar-refractivity contribution in [2.24, 2.45) is 0 Å². The van der Waals surface area contributed by atoms with Gasteiger partial charge in [-0.15, -0.1) is 0 Å². The molecule has 0 amide bonds. The second kappa shape index (κ2) is 7.71. The Labute approximate surface area is 111 Å². The first-order valence-corrected chi connectivity index (χ1v) is 6.58. The van der Waals surface area contributed by atoms with Crippen molar-refractivity contribution in [3.05, 3.63) is 48.0 Å². The highest BCUT2D eigenvalue weighted by molar-refractivity contribution is 8.12. The predicted molar refractivity (Wildman–Crippen MR) is 73.3 cm³/mol. The fourth-order valence-corrected chi connectivity index (χ4v) is 1.87. The van der Waals surface area contributed by atoms with Crippen LogP contribution in [-0.2, 0) is 26.5 Å². The number of carbonyl (C=O) groups is 2. The summed E-state index contributed by atoms with van der Waals surface area (Å²) in [5.41, 5.74) is 1.97. The molecular formula is C14H16O3S. The van der Waals surface area contributed by atoms with Crippen LogP contribution in [0.3, 0.4) is 0 Å². The lowest BCUT2D eigenvalue weighted by Crippen LogP contribution is -2.07. The van der Waals surface area contributed by atoms with Crippen molar-refractivity contribution in [3.8, 4) is 0 Å². The van der Waals surface area contributed by atoms with Crippen molar-refractivity contribution in [3.63, 3.8) is 0 Å². The molecule has 0 saturated carbocycles. The van der Waals surface area contributed by atoms with Gasteiger partial charge in [0.05, 0.1) is 6.42 Å². The van der Waals surface area contributed by atoms with Gasteiger partial charge in [0.15, 0.2) is 5.12 Å². The van der Waals surface area contributed by atoms with Crippen LogP contribution in [0.5, 0.6) is 0 Å². The number of rotatable bonds is 6. The summed E-state index contributed by atoms with van der Waals surface area (Å²) in [6.07, 6.45) is 1.80. The number of thioether (sulfide) groups is 1. The average molecular weight is 264 g/mol. The van der Waals surface area contributed by atoms with Crippen molar-refractivity contribution in [2.45, 2.75) is 19.1 Å². The van der Waals surface area contributed by atoms with E-state index in [9.17, 15) is 9.59 Å². The van der Waals surface area contributed by atoms with Crippen molar-refractivity contribution in [1.29, 1.82) is 0 Å². The number of hydrogen-bond acceptors (Lipinski definition) is 4. The first-order valence-electron chi connectivity index (χ1n) is 5.59. The van der Waals surface area contributed by atoms with Crippen LogP contribution in [-0.4, -0.2) is 17.7 Å². The molecule has 0 unspecified atom stereocenters. The van der Waals surface area contributed by atoms with Crippen molar-refractivity contribution in [2.75, 3.05) is 6.61 Å². The fourth-order valence-electron chi connectivity index (χ4n) is 1.31. The predicted octanol–water partition coefficient (Wildman–Crippen LogP) is 2.74. The molecule has 4 heteroatoms. The molecule has 0 bridgehead atoms. The topological polar surface area (TPSA) is 43.4 Å². The van der Waals surface area contributed by atoms with Crippen molar-refractivity contribution in [1.82, 2.24) is 0 Å². The van der Waals surface area contributed by atoms with Crippen LogP contribution in [0.4, 0.5) is 0 Å². The summed E-state index contributed by atoms with van der Waals surface area (Å²) in [4.78, 5) is 22.2. The van der Waals surface area contributed by atoms with E-state index >= 15 is 0 Å². The minimum atomic E-state index is -0.263. The molecule has 1 aromatic carbocycles. The lowest BCUT2D eigenvalue weighted by Gasteiger charge is -2.04. The Hall–Kier alpha value is -1.55. The second-order valence-electron chi connectivity index (χ2n) is 3.75. The zero-order valence-electron chi connectivity index (χ0n) is 10.3. The molecule has 18 heavy (non-hydrogen) atoms. The molecule has 0 aliphatic heterocycles. The highest BCUT2D eigenvalue weighted by Gasteiger charge is 2.04. The van der Waals surface area contributed by atoms with Crippen LogP contribution in [0, 0.1) is 0 Å². The molecule has 0 aliphatic rings. The molecule has 0 fully saturated rings. The molecule has 1 rings (SSSR count). The monoisotopic (exact) mass is 264 g/mol. The lowest BCUT2D eigenvalue weighted by atomic mass is 10.1. The number of carbonyl (C=O) groups excluding carboxylic acids is 2. The van der Waals surface area contributed by atoms with E-state index in [0.29, 0.717) is 5.75 Å². The van der Waals surface area contributed by atoms with Gasteiger partial charge in [0.2, 0.25) is 0 Å². The van der Waals surface area contributed by atoms with Crippen LogP contribution in [0.15, 0.2) is 36.9 Å². The van der Waals surface area contributed by atoms with Crippen molar-refractivity contribution < 1.29 is 14.3 Å². The van der Waals surface area contributed by atoms with Crippen molar-refractivity contribution >= 4 is 22.8 Å². The average Bonchev–Trinajstić information content (AvgIpc) is 2.35. The molecule has 96 valence electrons. The van der Waals surface area contributed by atoms with Gasteiger partial charge in [-0.1, -0.05) is 48.7 Å². The van der Waals surface area contributed by atoms with Gasteiger partial charge >= 0.3 is 5.97 Å². The molecule has 0 aliphatic carbocycles. The molecule has 0 aromatic heterocycles. The van der Waals surface area contributed by atoms with Crippen LogP contribution < -0.4 is 0 Å². The van der Waals surface area contributed by atoms with Gasteiger partial charge in [0.1, 0.15) is 6.61 Å². The summed E-state index contributed by atoms with van der Waals surface area (Å²) in [6, 6.07) is 7.61. The summed E-state index contributed by atoms with van der Waals surface area (Å²) >= 11 is 1.27. The third-order valence-electron chi connectivity index (χ3n) is 2.18. The Morgan fingerprint density at radius 2 is 1.89 bits per heavy atom. The molecule has 0 radical (unpaired) electrons. The second-order valence-corrected chi connectivity index (χ2v) is 4.90. The summed E-state index contributed by atoms with van der Waals surface area (Å²) in [6.45, 7) is 5.27. The molecule has 0 spiro atoms. The van der Waals surface area contributed by atoms with E-state index in [1.807, 2.05) is 24.3 Å². The van der Waals surface area contributed by atoms with Crippen LogP contribution >= 0.6 is 11.8 Å². The van der Waals surface area contributed by atoms with Gasteiger partial charge in [-0.3, -0.25) is 9.59 Å². The first-order chi connectivity index (χ1) is 8.61. The normalized spacial score (nSPS) is 9.83. The number of ether oxygens (including phenoxy) is 1. The molecule has 0 saturated heterocycles. The summed E-state index contributed by atoms with van der Waals surface area (Å²) < 4.78 is 4.90. The van der Waals surface area contributed by atoms with E-state index in [2.05, 4.69) is 6.58 Å². The Bertz CT molecular complexity index is 423. The van der Waals surface area contributed by atoms with Crippen LogP contribution in [0.25, 0.3) is 0 Å². The van der Waals surface area contributed by atoms with E-state index in [-0.39, 0.29) is 24.1 Å². The van der Waals surface area contributed by atoms with E-state index in [1.54, 1.807) is 13.0 Å². The van der Waals surface area contributed by atoms with E-state index in [0.717, 1.165) is 11.1 Å². The number of benzene rings is 1. The molecule has 0 atom stereocenters. The minimum absolute atomic E-state index is 0.104. The molecule has 0 N–H and O–H groups in total. The minimum Gasteiger partial charge on any atom is -0.461 e. The Balaban J connectivity index is 2.46. The van der Waals surface area contributed by atoms with E-state index < -0.39 is 0 Å². The maximum atomic E-state index is 11.4. The zero-order valence-corrected chi connectivity index (χ0v) is 11.2. The molecule has 3 nitrogen and oxygen atoms in total. The SMILES string of the molecule is C=CCOC(=O)Cc1ccc(CSC(C)=O)cc1. The highest BCUT2D eigenvalue weighted by atomic mass is 32.2. The van der Waals surface area contributed by atoms with Gasteiger partial charge in [-0.25, -0.2) is 0 Å². The van der Waals surface area contributed by atoms with Gasteiger partial charge in [0.25, 0.3) is 0 Å². The first kappa shape index (κ1) is 14.5. The number of hydrogen-bond donors (Lipinski definition) is 0. The van der Waals surface area contributed by atoms with Crippen LogP contribution in [0.1, 0.15) is 18.1 Å². The van der Waals surface area contributed by atoms with Gasteiger partial charge < -0.3 is 4.74 Å². The molecule has 1 aromatic rings. The lowest BCUT2D eigenvalue weighted by molar-refractivity contribution is -0.141. The van der Waals surface area contributed by atoms with Gasteiger partial charge in [0, 0.05) is 12.7 Å². The molecular weight excluding hydrogens is 248 g/mol. The molecule has 0 heterocycles. The zero-order chi connectivity index (χ0) is 13.4. The fraction of sp³-hybridized carbons (Fsp3) is 0.286. The smallest absolute Gasteiger partial charge is 0.310 e. The number of esters is 1. The Morgan fingerprint density at radius 3 is 2.44 bits per heavy atom. The van der Waals surface area contributed by atoms with Gasteiger partial charge in [-0.05, 0) is 11.1 Å². The summed E-state index contributed by atoms with van der Waals surface area (Å²) in [5.74, 6) is 0.400. The largest absolute Gasteiger partial charge is 0.461 e. The maximum absolute atomic E-state index is 11.4. The Kier molecular flexibility index (Phi) is 6.22. The van der Waals surface area contributed by atoms with E-state index in [4.69, 9.17) is 4.74 Å². The quantitative estimate of drug-likeness (QED) is 0.585. The van der Waals surface area contributed by atoms with Crippen LogP contribution in [0.2, 0.25) is 0 Å². The highest BCUT2D eigenvalue weighted by Crippen LogP contribution is 2.14. The van der Waals surface area contributed by atoms with E-state index in [1.165, 1.54) is 11.8 Å². The summed E-state index contributed by atoms with van der Waals surface area (Å²) in [7, 11) is 0. The van der Waals surface area contributed by atoms with Gasteiger partial charge in [-0.2, -0.15) is 0 Å². The third-order valence-corrected chi connectivity index (χ3v) is 3.06. The standard InChI is InChI=1S/C14H16O3S/c1-3-8-17-14(16)9-12-4-6-13(7-5-12)10-18-11(2)15/h3-7H,1,8-10H2,2H3. The third kappa shape index (κ3) is 5.68.